The highest BCUT2D eigenvalue weighted by atomic mass is 19.1. The fourth-order valence-electron chi connectivity index (χ4n) is 1.67. The van der Waals surface area contributed by atoms with Gasteiger partial charge >= 0.3 is 5.97 Å². The van der Waals surface area contributed by atoms with Crippen molar-refractivity contribution in [3.05, 3.63) is 35.1 Å². The Bertz CT molecular complexity index is 469. The molecule has 0 aliphatic carbocycles. The summed E-state index contributed by atoms with van der Waals surface area (Å²) in [6.07, 6.45) is 0.641. The Labute approximate surface area is 105 Å². The molecule has 0 amide bonds. The molecular weight excluding hydrogens is 235 g/mol. The predicted molar refractivity (Wildman–Crippen MR) is 64.3 cm³/mol. The largest absolute Gasteiger partial charge is 0.481 e. The molecule has 5 heteroatoms. The molecule has 1 aromatic rings. The molecule has 1 N–H and O–H groups in total. The van der Waals surface area contributed by atoms with E-state index in [2.05, 4.69) is 0 Å². The third-order valence-electron chi connectivity index (χ3n) is 2.56. The predicted octanol–water partition coefficient (Wildman–Crippen LogP) is 1.99. The molecule has 0 radical (unpaired) electrons. The van der Waals surface area contributed by atoms with Gasteiger partial charge in [0.05, 0.1) is 11.6 Å². The van der Waals surface area contributed by atoms with E-state index < -0.39 is 5.97 Å². The van der Waals surface area contributed by atoms with Gasteiger partial charge in [-0.25, -0.2) is 4.39 Å². The summed E-state index contributed by atoms with van der Waals surface area (Å²) in [4.78, 5) is 12.2. The van der Waals surface area contributed by atoms with Gasteiger partial charge in [-0.2, -0.15) is 5.26 Å². The molecule has 0 aromatic heterocycles. The van der Waals surface area contributed by atoms with Crippen molar-refractivity contribution in [3.63, 3.8) is 0 Å². The monoisotopic (exact) mass is 250 g/mol. The lowest BCUT2D eigenvalue weighted by atomic mass is 10.1. The van der Waals surface area contributed by atoms with Gasteiger partial charge in [0.1, 0.15) is 5.82 Å². The number of carbonyl (C=O) groups is 1. The van der Waals surface area contributed by atoms with E-state index in [4.69, 9.17) is 10.4 Å². The molecule has 0 unspecified atom stereocenters. The number of nitrogens with zero attached hydrogens (tertiary/aromatic N) is 2. The SMILES string of the molecule is CN(CCCC(=O)O)Cc1cc(F)ccc1C#N. The summed E-state index contributed by atoms with van der Waals surface area (Å²) in [5, 5.41) is 17.4. The van der Waals surface area contributed by atoms with Gasteiger partial charge in [-0.1, -0.05) is 0 Å². The summed E-state index contributed by atoms with van der Waals surface area (Å²) in [5.41, 5.74) is 1.07. The number of carboxylic acids is 1. The van der Waals surface area contributed by atoms with Crippen molar-refractivity contribution in [1.29, 1.82) is 5.26 Å². The third-order valence-corrected chi connectivity index (χ3v) is 2.56. The Morgan fingerprint density at radius 1 is 1.56 bits per heavy atom. The van der Waals surface area contributed by atoms with Gasteiger partial charge < -0.3 is 10.0 Å². The summed E-state index contributed by atoms with van der Waals surface area (Å²) >= 11 is 0. The Morgan fingerprint density at radius 2 is 2.28 bits per heavy atom. The second-order valence-corrected chi connectivity index (χ2v) is 4.15. The molecular formula is C13H15FN2O2. The number of benzene rings is 1. The number of hydrogen-bond acceptors (Lipinski definition) is 3. The van der Waals surface area contributed by atoms with Crippen LogP contribution in [0.4, 0.5) is 4.39 Å². The fourth-order valence-corrected chi connectivity index (χ4v) is 1.67. The van der Waals surface area contributed by atoms with E-state index >= 15 is 0 Å². The summed E-state index contributed by atoms with van der Waals surface area (Å²) in [5.74, 6) is -1.20. The van der Waals surface area contributed by atoms with Crippen molar-refractivity contribution in [2.75, 3.05) is 13.6 Å². The van der Waals surface area contributed by atoms with Gasteiger partial charge in [0.15, 0.2) is 0 Å². The van der Waals surface area contributed by atoms with E-state index in [0.717, 1.165) is 0 Å². The lowest BCUT2D eigenvalue weighted by Crippen LogP contribution is -2.20. The van der Waals surface area contributed by atoms with Crippen LogP contribution < -0.4 is 0 Å². The smallest absolute Gasteiger partial charge is 0.303 e. The summed E-state index contributed by atoms with van der Waals surface area (Å²) in [6.45, 7) is 1.02. The highest BCUT2D eigenvalue weighted by Crippen LogP contribution is 2.12. The minimum atomic E-state index is -0.827. The highest BCUT2D eigenvalue weighted by molar-refractivity contribution is 5.66. The average Bonchev–Trinajstić information content (AvgIpc) is 2.28. The van der Waals surface area contributed by atoms with E-state index in [1.54, 1.807) is 0 Å². The quantitative estimate of drug-likeness (QED) is 0.838. The molecule has 1 aromatic carbocycles. The standard InChI is InChI=1S/C13H15FN2O2/c1-16(6-2-3-13(17)18)9-11-7-12(14)5-4-10(11)8-15/h4-5,7H,2-3,6,9H2,1H3,(H,17,18). The first-order valence-corrected chi connectivity index (χ1v) is 5.62. The summed E-state index contributed by atoms with van der Waals surface area (Å²) in [6, 6.07) is 6.07. The van der Waals surface area contributed by atoms with Crippen LogP contribution in [0.3, 0.4) is 0 Å². The van der Waals surface area contributed by atoms with Crippen LogP contribution in [-0.2, 0) is 11.3 Å². The maximum atomic E-state index is 13.1. The van der Waals surface area contributed by atoms with Crippen molar-refractivity contribution in [1.82, 2.24) is 4.90 Å². The van der Waals surface area contributed by atoms with Crippen LogP contribution in [0.5, 0.6) is 0 Å². The second kappa shape index (κ2) is 6.72. The van der Waals surface area contributed by atoms with Gasteiger partial charge in [-0.05, 0) is 43.8 Å². The topological polar surface area (TPSA) is 64.3 Å². The number of nitriles is 1. The normalized spacial score (nSPS) is 10.3. The van der Waals surface area contributed by atoms with Crippen LogP contribution in [0.1, 0.15) is 24.0 Å². The molecule has 96 valence electrons. The average molecular weight is 250 g/mol. The number of carboxylic acid groups (broad SMARTS) is 1. The first kappa shape index (κ1) is 14.1. The molecule has 0 heterocycles. The van der Waals surface area contributed by atoms with Crippen LogP contribution in [0, 0.1) is 17.1 Å². The minimum Gasteiger partial charge on any atom is -0.481 e. The van der Waals surface area contributed by atoms with Crippen LogP contribution in [0.2, 0.25) is 0 Å². The minimum absolute atomic E-state index is 0.110. The van der Waals surface area contributed by atoms with Crippen molar-refractivity contribution < 1.29 is 14.3 Å². The van der Waals surface area contributed by atoms with E-state index in [1.165, 1.54) is 18.2 Å². The molecule has 0 aliphatic heterocycles. The van der Waals surface area contributed by atoms with Crippen LogP contribution >= 0.6 is 0 Å². The lowest BCUT2D eigenvalue weighted by Gasteiger charge is -2.16. The van der Waals surface area contributed by atoms with Gasteiger partial charge in [0.25, 0.3) is 0 Å². The highest BCUT2D eigenvalue weighted by Gasteiger charge is 2.07. The zero-order valence-corrected chi connectivity index (χ0v) is 10.2. The molecule has 18 heavy (non-hydrogen) atoms. The molecule has 4 nitrogen and oxygen atoms in total. The molecule has 0 bridgehead atoms. The van der Waals surface area contributed by atoms with Crippen LogP contribution in [-0.4, -0.2) is 29.6 Å². The Kier molecular flexibility index (Phi) is 5.28. The zero-order chi connectivity index (χ0) is 13.5. The van der Waals surface area contributed by atoms with Gasteiger partial charge in [-0.15, -0.1) is 0 Å². The fraction of sp³-hybridized carbons (Fsp3) is 0.385. The molecule has 0 atom stereocenters. The maximum Gasteiger partial charge on any atom is 0.303 e. The van der Waals surface area contributed by atoms with Crippen molar-refractivity contribution in [2.45, 2.75) is 19.4 Å². The molecule has 1 rings (SSSR count). The Balaban J connectivity index is 2.58. The Morgan fingerprint density at radius 3 is 2.89 bits per heavy atom. The molecule has 0 fully saturated rings. The van der Waals surface area contributed by atoms with Crippen molar-refractivity contribution in [3.8, 4) is 6.07 Å². The van der Waals surface area contributed by atoms with E-state index in [-0.39, 0.29) is 12.2 Å². The van der Waals surface area contributed by atoms with Crippen LogP contribution in [0.25, 0.3) is 0 Å². The van der Waals surface area contributed by atoms with E-state index in [9.17, 15) is 9.18 Å². The van der Waals surface area contributed by atoms with Gasteiger partial charge in [-0.3, -0.25) is 4.79 Å². The first-order valence-electron chi connectivity index (χ1n) is 5.62. The van der Waals surface area contributed by atoms with Crippen molar-refractivity contribution in [2.24, 2.45) is 0 Å². The maximum absolute atomic E-state index is 13.1. The molecule has 0 aliphatic rings. The zero-order valence-electron chi connectivity index (χ0n) is 10.2. The summed E-state index contributed by atoms with van der Waals surface area (Å²) < 4.78 is 13.1. The number of halogens is 1. The van der Waals surface area contributed by atoms with E-state index in [0.29, 0.717) is 30.6 Å². The number of aliphatic carboxylic acids is 1. The third kappa shape index (κ3) is 4.52. The molecule has 0 saturated carbocycles. The second-order valence-electron chi connectivity index (χ2n) is 4.15. The Hall–Kier alpha value is -1.93. The first-order chi connectivity index (χ1) is 8.52. The summed E-state index contributed by atoms with van der Waals surface area (Å²) in [7, 11) is 1.81. The lowest BCUT2D eigenvalue weighted by molar-refractivity contribution is -0.137. The number of hydrogen-bond donors (Lipinski definition) is 1. The van der Waals surface area contributed by atoms with Crippen LogP contribution in [0.15, 0.2) is 18.2 Å². The molecule has 0 saturated heterocycles. The van der Waals surface area contributed by atoms with E-state index in [1.807, 2.05) is 18.0 Å². The molecule has 0 spiro atoms. The van der Waals surface area contributed by atoms with Gasteiger partial charge in [0.2, 0.25) is 0 Å². The number of rotatable bonds is 6. The van der Waals surface area contributed by atoms with Gasteiger partial charge in [0, 0.05) is 13.0 Å². The van der Waals surface area contributed by atoms with Crippen molar-refractivity contribution >= 4 is 5.97 Å².